The summed E-state index contributed by atoms with van der Waals surface area (Å²) in [7, 11) is 2.88. The van der Waals surface area contributed by atoms with E-state index >= 15 is 0 Å². The first-order valence-corrected chi connectivity index (χ1v) is 9.87. The predicted octanol–water partition coefficient (Wildman–Crippen LogP) is 0.264. The molecule has 0 unspecified atom stereocenters. The second-order valence-corrected chi connectivity index (χ2v) is 6.94. The van der Waals surface area contributed by atoms with E-state index in [1.165, 1.54) is 7.11 Å². The largest absolute Gasteiger partial charge is 0.496 e. The van der Waals surface area contributed by atoms with Crippen molar-refractivity contribution in [3.8, 4) is 5.75 Å². The number of aliphatic hydroxyl groups is 1. The van der Waals surface area contributed by atoms with Crippen molar-refractivity contribution in [3.05, 3.63) is 29.8 Å². The highest BCUT2D eigenvalue weighted by Crippen LogP contribution is 2.26. The Hall–Kier alpha value is -3.14. The molecule has 1 aromatic rings. The molecular formula is C21H30N2O8. The third kappa shape index (κ3) is 9.04. The normalized spacial score (nSPS) is 19.4. The number of esters is 1. The van der Waals surface area contributed by atoms with Gasteiger partial charge in [0.2, 0.25) is 11.8 Å². The molecule has 10 nitrogen and oxygen atoms in total. The molecule has 1 aliphatic carbocycles. The van der Waals surface area contributed by atoms with Crippen molar-refractivity contribution in [2.24, 2.45) is 5.92 Å². The monoisotopic (exact) mass is 438 g/mol. The van der Waals surface area contributed by atoms with Crippen LogP contribution in [0.15, 0.2) is 24.3 Å². The fourth-order valence-electron chi connectivity index (χ4n) is 3.36. The van der Waals surface area contributed by atoms with Crippen molar-refractivity contribution < 1.29 is 38.9 Å². The van der Waals surface area contributed by atoms with Crippen LogP contribution in [0.2, 0.25) is 0 Å². The Balaban J connectivity index is 0.00000151. The minimum absolute atomic E-state index is 0.0978. The molecule has 31 heavy (non-hydrogen) atoms. The van der Waals surface area contributed by atoms with Gasteiger partial charge in [0.25, 0.3) is 6.47 Å². The van der Waals surface area contributed by atoms with Crippen LogP contribution in [0, 0.1) is 5.92 Å². The zero-order chi connectivity index (χ0) is 23.2. The minimum Gasteiger partial charge on any atom is -0.496 e. The van der Waals surface area contributed by atoms with Gasteiger partial charge in [0.1, 0.15) is 5.75 Å². The van der Waals surface area contributed by atoms with Crippen LogP contribution in [-0.4, -0.2) is 67.4 Å². The molecule has 0 spiro atoms. The molecule has 2 amide bonds. The van der Waals surface area contributed by atoms with Crippen molar-refractivity contribution in [2.45, 2.75) is 44.2 Å². The molecule has 0 bridgehead atoms. The Bertz CT molecular complexity index is 740. The first-order chi connectivity index (χ1) is 14.9. The number of rotatable bonds is 9. The van der Waals surface area contributed by atoms with Crippen molar-refractivity contribution >= 4 is 24.3 Å². The standard InChI is InChI=1S/C20H28N2O6.CH2O2/c1-27-17-6-4-3-5-13(17)7-8-18(24)22-15-11-14(12-16(15)23)20(26)21-10-9-19(25)28-2;2-1-3/h3-6,14-16,23H,7-12H2,1-2H3,(H,21,26)(H,22,24);1H,(H,2,3)/t14-,15-,16-;/m0./s1. The summed E-state index contributed by atoms with van der Waals surface area (Å²) in [4.78, 5) is 43.9. The van der Waals surface area contributed by atoms with E-state index in [2.05, 4.69) is 15.4 Å². The summed E-state index contributed by atoms with van der Waals surface area (Å²) in [6.45, 7) is -0.0615. The van der Waals surface area contributed by atoms with E-state index < -0.39 is 24.0 Å². The van der Waals surface area contributed by atoms with Gasteiger partial charge in [-0.3, -0.25) is 19.2 Å². The van der Waals surface area contributed by atoms with Crippen LogP contribution < -0.4 is 15.4 Å². The minimum atomic E-state index is -0.772. The SMILES string of the molecule is COC(=O)CCNC(=O)[C@H]1C[C@H](NC(=O)CCc2ccccc2OC)[C@@H](O)C1.O=CO. The summed E-state index contributed by atoms with van der Waals surface area (Å²) in [5.74, 6) is -0.463. The predicted molar refractivity (Wildman–Crippen MR) is 110 cm³/mol. The average Bonchev–Trinajstić information content (AvgIpc) is 3.13. The second kappa shape index (κ2) is 14.0. The lowest BCUT2D eigenvalue weighted by Gasteiger charge is -2.16. The number of para-hydroxylation sites is 1. The first kappa shape index (κ1) is 25.9. The highest BCUT2D eigenvalue weighted by molar-refractivity contribution is 5.80. The number of amides is 2. The molecule has 1 saturated carbocycles. The van der Waals surface area contributed by atoms with E-state index in [1.54, 1.807) is 7.11 Å². The van der Waals surface area contributed by atoms with Crippen LogP contribution >= 0.6 is 0 Å². The van der Waals surface area contributed by atoms with Gasteiger partial charge in [0, 0.05) is 18.9 Å². The van der Waals surface area contributed by atoms with Gasteiger partial charge in [-0.05, 0) is 30.9 Å². The summed E-state index contributed by atoms with van der Waals surface area (Å²) >= 11 is 0. The van der Waals surface area contributed by atoms with E-state index in [0.29, 0.717) is 12.8 Å². The van der Waals surface area contributed by atoms with Gasteiger partial charge in [-0.25, -0.2) is 0 Å². The molecule has 1 fully saturated rings. The molecule has 0 saturated heterocycles. The number of nitrogens with one attached hydrogen (secondary N) is 2. The average molecular weight is 438 g/mol. The number of carbonyl (C=O) groups excluding carboxylic acids is 3. The molecule has 0 aliphatic heterocycles. The molecule has 0 radical (unpaired) electrons. The Labute approximate surface area is 180 Å². The summed E-state index contributed by atoms with van der Waals surface area (Å²) in [5.41, 5.74) is 0.940. The lowest BCUT2D eigenvalue weighted by molar-refractivity contribution is -0.140. The van der Waals surface area contributed by atoms with Gasteiger partial charge < -0.3 is 30.3 Å². The van der Waals surface area contributed by atoms with Crippen LogP contribution in [0.3, 0.4) is 0 Å². The van der Waals surface area contributed by atoms with Gasteiger partial charge in [-0.1, -0.05) is 18.2 Å². The molecule has 3 atom stereocenters. The number of aliphatic hydroxyl groups excluding tert-OH is 1. The van der Waals surface area contributed by atoms with Gasteiger partial charge in [0.05, 0.1) is 32.8 Å². The number of carboxylic acid groups (broad SMARTS) is 1. The summed E-state index contributed by atoms with van der Waals surface area (Å²) in [5, 5.41) is 22.6. The molecular weight excluding hydrogens is 408 g/mol. The fourth-order valence-corrected chi connectivity index (χ4v) is 3.36. The first-order valence-electron chi connectivity index (χ1n) is 9.87. The van der Waals surface area contributed by atoms with Crippen molar-refractivity contribution in [1.82, 2.24) is 10.6 Å². The van der Waals surface area contributed by atoms with Crippen LogP contribution in [0.4, 0.5) is 0 Å². The zero-order valence-corrected chi connectivity index (χ0v) is 17.7. The topological polar surface area (TPSA) is 151 Å². The molecule has 0 aromatic heterocycles. The van der Waals surface area contributed by atoms with Gasteiger partial charge in [0.15, 0.2) is 0 Å². The van der Waals surface area contributed by atoms with Crippen LogP contribution in [-0.2, 0) is 30.3 Å². The maximum atomic E-state index is 12.3. The zero-order valence-electron chi connectivity index (χ0n) is 17.7. The van der Waals surface area contributed by atoms with Crippen LogP contribution in [0.1, 0.15) is 31.2 Å². The molecule has 172 valence electrons. The quantitative estimate of drug-likeness (QED) is 0.317. The highest BCUT2D eigenvalue weighted by atomic mass is 16.5. The van der Waals surface area contributed by atoms with E-state index in [0.717, 1.165) is 11.3 Å². The maximum Gasteiger partial charge on any atom is 0.307 e. The number of hydrogen-bond donors (Lipinski definition) is 4. The lowest BCUT2D eigenvalue weighted by Crippen LogP contribution is -2.40. The molecule has 1 aliphatic rings. The fraction of sp³-hybridized carbons (Fsp3) is 0.524. The highest BCUT2D eigenvalue weighted by Gasteiger charge is 2.37. The third-order valence-corrected chi connectivity index (χ3v) is 4.92. The maximum absolute atomic E-state index is 12.3. The van der Waals surface area contributed by atoms with Crippen molar-refractivity contribution in [2.75, 3.05) is 20.8 Å². The summed E-state index contributed by atoms with van der Waals surface area (Å²) in [6.07, 6.45) is 0.760. The van der Waals surface area contributed by atoms with E-state index in [-0.39, 0.29) is 44.1 Å². The van der Waals surface area contributed by atoms with Gasteiger partial charge in [-0.2, -0.15) is 0 Å². The number of carbonyl (C=O) groups is 4. The number of methoxy groups -OCH3 is 2. The van der Waals surface area contributed by atoms with Crippen LogP contribution in [0.25, 0.3) is 0 Å². The lowest BCUT2D eigenvalue weighted by atomic mass is 10.1. The van der Waals surface area contributed by atoms with E-state index in [9.17, 15) is 19.5 Å². The Kier molecular flexibility index (Phi) is 11.7. The van der Waals surface area contributed by atoms with Crippen LogP contribution in [0.5, 0.6) is 5.75 Å². The van der Waals surface area contributed by atoms with E-state index in [4.69, 9.17) is 14.6 Å². The third-order valence-electron chi connectivity index (χ3n) is 4.92. The van der Waals surface area contributed by atoms with Crippen molar-refractivity contribution in [1.29, 1.82) is 0 Å². The molecule has 0 heterocycles. The Morgan fingerprint density at radius 3 is 2.48 bits per heavy atom. The number of aryl methyl sites for hydroxylation is 1. The van der Waals surface area contributed by atoms with Gasteiger partial charge in [-0.15, -0.1) is 0 Å². The number of ether oxygens (including phenoxy) is 2. The van der Waals surface area contributed by atoms with Crippen molar-refractivity contribution in [3.63, 3.8) is 0 Å². The Morgan fingerprint density at radius 2 is 1.84 bits per heavy atom. The summed E-state index contributed by atoms with van der Waals surface area (Å²) < 4.78 is 9.80. The number of benzene rings is 1. The smallest absolute Gasteiger partial charge is 0.307 e. The van der Waals surface area contributed by atoms with Gasteiger partial charge >= 0.3 is 5.97 Å². The summed E-state index contributed by atoms with van der Waals surface area (Å²) in [6, 6.07) is 7.05. The molecule has 2 rings (SSSR count). The molecule has 4 N–H and O–H groups in total. The molecule has 10 heteroatoms. The number of hydrogen-bond acceptors (Lipinski definition) is 7. The van der Waals surface area contributed by atoms with E-state index in [1.807, 2.05) is 24.3 Å². The Morgan fingerprint density at radius 1 is 1.16 bits per heavy atom. The molecule has 1 aromatic carbocycles. The second-order valence-electron chi connectivity index (χ2n) is 6.94.